The minimum Gasteiger partial charge on any atom is -0.380 e. The van der Waals surface area contributed by atoms with E-state index in [-0.39, 0.29) is 5.54 Å². The topological polar surface area (TPSA) is 38.5 Å². The van der Waals surface area contributed by atoms with Crippen LogP contribution in [0.15, 0.2) is 0 Å². The Bertz CT molecular complexity index is 292. The van der Waals surface area contributed by atoms with Gasteiger partial charge < -0.3 is 10.5 Å². The molecule has 0 radical (unpaired) electrons. The van der Waals surface area contributed by atoms with Crippen molar-refractivity contribution in [2.24, 2.45) is 17.1 Å². The number of hydrogen-bond acceptors (Lipinski definition) is 3. The molecule has 1 aliphatic carbocycles. The maximum atomic E-state index is 6.20. The molecule has 3 atom stereocenters. The number of nitrogens with zero attached hydrogens (tertiary/aromatic N) is 1. The second-order valence-electron chi connectivity index (χ2n) is 7.17. The van der Waals surface area contributed by atoms with Crippen molar-refractivity contribution < 1.29 is 4.74 Å². The fourth-order valence-corrected chi connectivity index (χ4v) is 4.15. The summed E-state index contributed by atoms with van der Waals surface area (Å²) < 4.78 is 5.52. The molecule has 1 heterocycles. The van der Waals surface area contributed by atoms with E-state index in [1.165, 1.54) is 19.3 Å². The Morgan fingerprint density at radius 3 is 2.56 bits per heavy atom. The Kier molecular flexibility index (Phi) is 4.05. The summed E-state index contributed by atoms with van der Waals surface area (Å²) in [4.78, 5) is 2.63. The van der Waals surface area contributed by atoms with Gasteiger partial charge in [0.1, 0.15) is 0 Å². The highest BCUT2D eigenvalue weighted by atomic mass is 16.5. The second-order valence-corrected chi connectivity index (χ2v) is 7.17. The number of nitrogens with two attached hydrogens (primary N) is 1. The van der Waals surface area contributed by atoms with Gasteiger partial charge in [0.25, 0.3) is 0 Å². The van der Waals surface area contributed by atoms with E-state index in [0.29, 0.717) is 17.4 Å². The molecule has 0 bridgehead atoms. The van der Waals surface area contributed by atoms with E-state index in [1.807, 2.05) is 7.11 Å². The molecule has 3 nitrogen and oxygen atoms in total. The maximum Gasteiger partial charge on any atom is 0.0710 e. The first kappa shape index (κ1) is 14.3. The van der Waals surface area contributed by atoms with Gasteiger partial charge in [0, 0.05) is 32.3 Å². The van der Waals surface area contributed by atoms with Crippen LogP contribution < -0.4 is 5.73 Å². The zero-order valence-electron chi connectivity index (χ0n) is 12.5. The summed E-state index contributed by atoms with van der Waals surface area (Å²) in [7, 11) is 1.83. The van der Waals surface area contributed by atoms with Gasteiger partial charge in [0.2, 0.25) is 0 Å². The molecule has 0 aromatic heterocycles. The Labute approximate surface area is 112 Å². The lowest BCUT2D eigenvalue weighted by atomic mass is 9.63. The number of hydrogen-bond donors (Lipinski definition) is 1. The third-order valence-electron chi connectivity index (χ3n) is 5.47. The lowest BCUT2D eigenvalue weighted by Crippen LogP contribution is -2.60. The highest BCUT2D eigenvalue weighted by molar-refractivity contribution is 5.04. The zero-order valence-corrected chi connectivity index (χ0v) is 12.5. The third kappa shape index (κ3) is 2.45. The molecule has 0 amide bonds. The van der Waals surface area contributed by atoms with Crippen LogP contribution in [0.5, 0.6) is 0 Å². The van der Waals surface area contributed by atoms with Gasteiger partial charge in [-0.3, -0.25) is 4.90 Å². The van der Waals surface area contributed by atoms with E-state index in [9.17, 15) is 0 Å². The van der Waals surface area contributed by atoms with Crippen molar-refractivity contribution in [2.45, 2.75) is 58.1 Å². The molecule has 2 aliphatic rings. The molecule has 0 spiro atoms. The number of ether oxygens (including phenoxy) is 1. The molecule has 2 rings (SSSR count). The lowest BCUT2D eigenvalue weighted by Gasteiger charge is -2.52. The molecule has 0 aromatic carbocycles. The van der Waals surface area contributed by atoms with E-state index in [4.69, 9.17) is 10.5 Å². The summed E-state index contributed by atoms with van der Waals surface area (Å²) in [6.45, 7) is 10.2. The monoisotopic (exact) mass is 254 g/mol. The molecular weight excluding hydrogens is 224 g/mol. The summed E-state index contributed by atoms with van der Waals surface area (Å²) in [5.41, 5.74) is 6.91. The van der Waals surface area contributed by atoms with E-state index in [2.05, 4.69) is 25.7 Å². The fourth-order valence-electron chi connectivity index (χ4n) is 4.15. The molecule has 18 heavy (non-hydrogen) atoms. The van der Waals surface area contributed by atoms with Crippen LogP contribution in [0.25, 0.3) is 0 Å². The summed E-state index contributed by atoms with van der Waals surface area (Å²) in [6.07, 6.45) is 5.40. The number of likely N-dealkylation sites (tertiary alicyclic amines) is 1. The van der Waals surface area contributed by atoms with E-state index >= 15 is 0 Å². The van der Waals surface area contributed by atoms with Crippen molar-refractivity contribution in [3.05, 3.63) is 0 Å². The molecule has 2 fully saturated rings. The van der Waals surface area contributed by atoms with Crippen LogP contribution in [-0.4, -0.2) is 43.3 Å². The predicted octanol–water partition coefficient (Wildman–Crippen LogP) is 2.25. The van der Waals surface area contributed by atoms with Crippen molar-refractivity contribution in [1.82, 2.24) is 4.90 Å². The fraction of sp³-hybridized carbons (Fsp3) is 1.00. The van der Waals surface area contributed by atoms with Gasteiger partial charge in [0.05, 0.1) is 6.10 Å². The Morgan fingerprint density at radius 1 is 1.33 bits per heavy atom. The summed E-state index contributed by atoms with van der Waals surface area (Å²) in [6, 6.07) is 0. The first-order valence-electron chi connectivity index (χ1n) is 7.41. The minimum atomic E-state index is 0.225. The van der Waals surface area contributed by atoms with Crippen LogP contribution in [0.2, 0.25) is 0 Å². The van der Waals surface area contributed by atoms with Gasteiger partial charge in [-0.1, -0.05) is 20.8 Å². The van der Waals surface area contributed by atoms with Gasteiger partial charge in [0.15, 0.2) is 0 Å². The van der Waals surface area contributed by atoms with Gasteiger partial charge >= 0.3 is 0 Å². The highest BCUT2D eigenvalue weighted by Gasteiger charge is 2.48. The van der Waals surface area contributed by atoms with Crippen molar-refractivity contribution in [3.8, 4) is 0 Å². The standard InChI is InChI=1S/C15H30N2O/c1-12-9-14(2,3)6-7-15(12,11-16)17-8-5-13(10-17)18-4/h12-13H,5-11,16H2,1-4H3. The Balaban J connectivity index is 2.12. The normalized spacial score (nSPS) is 41.2. The second kappa shape index (κ2) is 5.10. The largest absolute Gasteiger partial charge is 0.380 e. The minimum absolute atomic E-state index is 0.225. The number of methoxy groups -OCH3 is 1. The van der Waals surface area contributed by atoms with Gasteiger partial charge in [-0.25, -0.2) is 0 Å². The highest BCUT2D eigenvalue weighted by Crippen LogP contribution is 2.47. The van der Waals surface area contributed by atoms with E-state index < -0.39 is 0 Å². The van der Waals surface area contributed by atoms with E-state index in [1.54, 1.807) is 0 Å². The molecule has 3 heteroatoms. The third-order valence-corrected chi connectivity index (χ3v) is 5.47. The van der Waals surface area contributed by atoms with Crippen LogP contribution in [0.1, 0.15) is 46.5 Å². The molecule has 1 aliphatic heterocycles. The van der Waals surface area contributed by atoms with Crippen LogP contribution in [0.4, 0.5) is 0 Å². The molecule has 0 aromatic rings. The Hall–Kier alpha value is -0.120. The summed E-state index contributed by atoms with van der Waals surface area (Å²) >= 11 is 0. The van der Waals surface area contributed by atoms with Gasteiger partial charge in [-0.05, 0) is 37.0 Å². The summed E-state index contributed by atoms with van der Waals surface area (Å²) in [5.74, 6) is 0.682. The quantitative estimate of drug-likeness (QED) is 0.839. The molecular formula is C15H30N2O. The molecule has 106 valence electrons. The van der Waals surface area contributed by atoms with Crippen molar-refractivity contribution in [3.63, 3.8) is 0 Å². The first-order chi connectivity index (χ1) is 8.43. The first-order valence-corrected chi connectivity index (χ1v) is 7.41. The molecule has 1 saturated carbocycles. The molecule has 1 saturated heterocycles. The van der Waals surface area contributed by atoms with Crippen molar-refractivity contribution in [1.29, 1.82) is 0 Å². The van der Waals surface area contributed by atoms with Crippen molar-refractivity contribution >= 4 is 0 Å². The van der Waals surface area contributed by atoms with Crippen LogP contribution in [-0.2, 0) is 4.74 Å². The number of rotatable bonds is 3. The van der Waals surface area contributed by atoms with Gasteiger partial charge in [-0.15, -0.1) is 0 Å². The molecule has 3 unspecified atom stereocenters. The molecule has 2 N–H and O–H groups in total. The van der Waals surface area contributed by atoms with Crippen LogP contribution >= 0.6 is 0 Å². The van der Waals surface area contributed by atoms with Crippen LogP contribution in [0, 0.1) is 11.3 Å². The Morgan fingerprint density at radius 2 is 2.06 bits per heavy atom. The zero-order chi connectivity index (χ0) is 13.4. The lowest BCUT2D eigenvalue weighted by molar-refractivity contribution is -0.0176. The maximum absolute atomic E-state index is 6.20. The summed E-state index contributed by atoms with van der Waals surface area (Å²) in [5, 5.41) is 0. The SMILES string of the molecule is COC1CCN(C2(CN)CCC(C)(C)CC2C)C1. The van der Waals surface area contributed by atoms with E-state index in [0.717, 1.165) is 26.1 Å². The average molecular weight is 254 g/mol. The van der Waals surface area contributed by atoms with Gasteiger partial charge in [-0.2, -0.15) is 0 Å². The van der Waals surface area contributed by atoms with Crippen molar-refractivity contribution in [2.75, 3.05) is 26.7 Å². The van der Waals surface area contributed by atoms with Crippen LogP contribution in [0.3, 0.4) is 0 Å². The predicted molar refractivity (Wildman–Crippen MR) is 75.6 cm³/mol. The average Bonchev–Trinajstić information content (AvgIpc) is 2.78. The smallest absolute Gasteiger partial charge is 0.0710 e.